The van der Waals surface area contributed by atoms with Crippen molar-refractivity contribution in [1.82, 2.24) is 4.98 Å². The quantitative estimate of drug-likeness (QED) is 0.627. The van der Waals surface area contributed by atoms with Gasteiger partial charge < -0.3 is 4.74 Å². The molecule has 0 atom stereocenters. The Morgan fingerprint density at radius 2 is 1.75 bits per heavy atom. The molecular weight excluding hydrogens is 340 g/mol. The second-order valence-electron chi connectivity index (χ2n) is 4.93. The van der Waals surface area contributed by atoms with Crippen LogP contribution < -0.4 is 4.74 Å². The lowest BCUT2D eigenvalue weighted by Gasteiger charge is -2.09. The van der Waals surface area contributed by atoms with Gasteiger partial charge in [-0.2, -0.15) is 5.26 Å². The Hall–Kier alpha value is -2.48. The van der Waals surface area contributed by atoms with Gasteiger partial charge in [-0.05, 0) is 48.0 Å². The van der Waals surface area contributed by atoms with Crippen molar-refractivity contribution >= 4 is 23.4 Å². The Morgan fingerprint density at radius 1 is 1.04 bits per heavy atom. The highest BCUT2D eigenvalue weighted by molar-refractivity contribution is 7.99. The van der Waals surface area contributed by atoms with E-state index in [1.807, 2.05) is 54.6 Å². The second-order valence-corrected chi connectivity index (χ2v) is 6.43. The summed E-state index contributed by atoms with van der Waals surface area (Å²) in [7, 11) is 1.63. The van der Waals surface area contributed by atoms with Gasteiger partial charge in [-0.15, -0.1) is 0 Å². The van der Waals surface area contributed by atoms with Crippen molar-refractivity contribution in [2.24, 2.45) is 0 Å². The predicted octanol–water partition coefficient (Wildman–Crippen LogP) is 5.43. The minimum Gasteiger partial charge on any atom is -0.497 e. The average Bonchev–Trinajstić information content (AvgIpc) is 2.63. The Labute approximate surface area is 149 Å². The molecule has 1 heterocycles. The number of hydrogen-bond acceptors (Lipinski definition) is 4. The number of benzene rings is 2. The monoisotopic (exact) mass is 352 g/mol. The maximum absolute atomic E-state index is 9.63. The summed E-state index contributed by atoms with van der Waals surface area (Å²) in [6, 6.07) is 19.2. The molecule has 0 aliphatic heterocycles. The summed E-state index contributed by atoms with van der Waals surface area (Å²) < 4.78 is 5.16. The normalized spacial score (nSPS) is 10.2. The standard InChI is InChI=1S/C19H13ClN2OS/c1-23-15-6-8-16(9-7-15)24-19-18(12-21)17(10-11-22-19)13-2-4-14(20)5-3-13/h2-11H,1H3. The van der Waals surface area contributed by atoms with E-state index in [0.29, 0.717) is 15.6 Å². The fourth-order valence-electron chi connectivity index (χ4n) is 2.25. The molecule has 0 radical (unpaired) electrons. The third-order valence-corrected chi connectivity index (χ3v) is 4.72. The van der Waals surface area contributed by atoms with Crippen LogP contribution in [0, 0.1) is 11.3 Å². The van der Waals surface area contributed by atoms with Crippen LogP contribution in [0.1, 0.15) is 5.56 Å². The Kier molecular flexibility index (Phi) is 5.05. The number of rotatable bonds is 4. The van der Waals surface area contributed by atoms with Gasteiger partial charge in [0.05, 0.1) is 12.7 Å². The molecule has 5 heteroatoms. The van der Waals surface area contributed by atoms with Crippen molar-refractivity contribution in [2.75, 3.05) is 7.11 Å². The number of hydrogen-bond donors (Lipinski definition) is 0. The molecule has 3 rings (SSSR count). The SMILES string of the molecule is COc1ccc(Sc2nccc(-c3ccc(Cl)cc3)c2C#N)cc1. The van der Waals surface area contributed by atoms with E-state index in [1.165, 1.54) is 11.8 Å². The van der Waals surface area contributed by atoms with Gasteiger partial charge in [-0.3, -0.25) is 0 Å². The fraction of sp³-hybridized carbons (Fsp3) is 0.0526. The first kappa shape index (κ1) is 16.4. The van der Waals surface area contributed by atoms with Crippen molar-refractivity contribution in [2.45, 2.75) is 9.92 Å². The van der Waals surface area contributed by atoms with Crippen LogP contribution in [-0.4, -0.2) is 12.1 Å². The lowest BCUT2D eigenvalue weighted by molar-refractivity contribution is 0.414. The van der Waals surface area contributed by atoms with Gasteiger partial charge in [-0.25, -0.2) is 4.98 Å². The zero-order valence-corrected chi connectivity index (χ0v) is 14.4. The molecule has 118 valence electrons. The Balaban J connectivity index is 1.98. The highest BCUT2D eigenvalue weighted by atomic mass is 35.5. The van der Waals surface area contributed by atoms with Gasteiger partial charge in [0, 0.05) is 21.7 Å². The molecule has 0 aliphatic carbocycles. The zero-order valence-electron chi connectivity index (χ0n) is 12.9. The van der Waals surface area contributed by atoms with Crippen molar-refractivity contribution in [3.8, 4) is 22.9 Å². The molecule has 0 amide bonds. The van der Waals surface area contributed by atoms with Gasteiger partial charge in [0.1, 0.15) is 16.8 Å². The summed E-state index contributed by atoms with van der Waals surface area (Å²) in [6.45, 7) is 0. The molecule has 0 spiro atoms. The number of methoxy groups -OCH3 is 1. The Bertz CT molecular complexity index is 887. The van der Waals surface area contributed by atoms with Crippen molar-refractivity contribution in [3.63, 3.8) is 0 Å². The topological polar surface area (TPSA) is 45.9 Å². The van der Waals surface area contributed by atoms with Gasteiger partial charge >= 0.3 is 0 Å². The minimum atomic E-state index is 0.556. The number of nitriles is 1. The maximum atomic E-state index is 9.63. The maximum Gasteiger partial charge on any atom is 0.119 e. The van der Waals surface area contributed by atoms with Crippen molar-refractivity contribution in [1.29, 1.82) is 5.26 Å². The number of ether oxygens (including phenoxy) is 1. The van der Waals surface area contributed by atoms with Gasteiger partial charge in [0.2, 0.25) is 0 Å². The highest BCUT2D eigenvalue weighted by Crippen LogP contribution is 2.34. The van der Waals surface area contributed by atoms with E-state index in [-0.39, 0.29) is 0 Å². The lowest BCUT2D eigenvalue weighted by atomic mass is 10.0. The van der Waals surface area contributed by atoms with E-state index in [4.69, 9.17) is 16.3 Å². The predicted molar refractivity (Wildman–Crippen MR) is 96.5 cm³/mol. The van der Waals surface area contributed by atoms with Crippen LogP contribution in [0.2, 0.25) is 5.02 Å². The largest absolute Gasteiger partial charge is 0.497 e. The smallest absolute Gasteiger partial charge is 0.119 e. The summed E-state index contributed by atoms with van der Waals surface area (Å²) in [5.74, 6) is 0.794. The highest BCUT2D eigenvalue weighted by Gasteiger charge is 2.12. The number of halogens is 1. The third-order valence-electron chi connectivity index (χ3n) is 3.46. The van der Waals surface area contributed by atoms with Crippen LogP contribution in [0.15, 0.2) is 70.7 Å². The molecule has 24 heavy (non-hydrogen) atoms. The molecule has 0 aliphatic rings. The van der Waals surface area contributed by atoms with Gasteiger partial charge in [-0.1, -0.05) is 35.5 Å². The summed E-state index contributed by atoms with van der Waals surface area (Å²) in [4.78, 5) is 5.37. The molecule has 3 aromatic rings. The molecular formula is C19H13ClN2OS. The van der Waals surface area contributed by atoms with Crippen molar-refractivity contribution in [3.05, 3.63) is 71.4 Å². The first-order chi connectivity index (χ1) is 11.7. The van der Waals surface area contributed by atoms with Gasteiger partial charge in [0.25, 0.3) is 0 Å². The molecule has 0 bridgehead atoms. The summed E-state index contributed by atoms with van der Waals surface area (Å²) >= 11 is 7.40. The fourth-order valence-corrected chi connectivity index (χ4v) is 3.25. The van der Waals surface area contributed by atoms with E-state index in [1.54, 1.807) is 13.3 Å². The molecule has 0 saturated heterocycles. The lowest BCUT2D eigenvalue weighted by Crippen LogP contribution is -1.91. The van der Waals surface area contributed by atoms with Crippen LogP contribution in [0.25, 0.3) is 11.1 Å². The van der Waals surface area contributed by atoms with E-state index >= 15 is 0 Å². The van der Waals surface area contributed by atoms with Crippen LogP contribution in [0.3, 0.4) is 0 Å². The summed E-state index contributed by atoms with van der Waals surface area (Å²) in [5.41, 5.74) is 2.34. The van der Waals surface area contributed by atoms with E-state index in [2.05, 4.69) is 11.1 Å². The molecule has 2 aromatic carbocycles. The van der Waals surface area contributed by atoms with E-state index in [9.17, 15) is 5.26 Å². The number of pyridine rings is 1. The minimum absolute atomic E-state index is 0.556. The molecule has 3 nitrogen and oxygen atoms in total. The van der Waals surface area contributed by atoms with Crippen LogP contribution >= 0.6 is 23.4 Å². The first-order valence-electron chi connectivity index (χ1n) is 7.18. The first-order valence-corrected chi connectivity index (χ1v) is 8.37. The molecule has 0 fully saturated rings. The van der Waals surface area contributed by atoms with Crippen LogP contribution in [0.5, 0.6) is 5.75 Å². The summed E-state index contributed by atoms with van der Waals surface area (Å²) in [5, 5.41) is 11.0. The second kappa shape index (κ2) is 7.39. The number of aromatic nitrogens is 1. The summed E-state index contributed by atoms with van der Waals surface area (Å²) in [6.07, 6.45) is 1.72. The van der Waals surface area contributed by atoms with E-state index in [0.717, 1.165) is 21.8 Å². The third kappa shape index (κ3) is 3.53. The van der Waals surface area contributed by atoms with Crippen LogP contribution in [-0.2, 0) is 0 Å². The molecule has 1 aromatic heterocycles. The van der Waals surface area contributed by atoms with Gasteiger partial charge in [0.15, 0.2) is 0 Å². The molecule has 0 N–H and O–H groups in total. The van der Waals surface area contributed by atoms with E-state index < -0.39 is 0 Å². The van der Waals surface area contributed by atoms with Crippen LogP contribution in [0.4, 0.5) is 0 Å². The average molecular weight is 353 g/mol. The molecule has 0 unspecified atom stereocenters. The van der Waals surface area contributed by atoms with Crippen molar-refractivity contribution < 1.29 is 4.74 Å². The molecule has 0 saturated carbocycles. The Morgan fingerprint density at radius 3 is 2.38 bits per heavy atom. The zero-order chi connectivity index (χ0) is 16.9. The number of nitrogens with zero attached hydrogens (tertiary/aromatic N) is 2.